The molecular weight excluding hydrogens is 353 g/mol. The van der Waals surface area contributed by atoms with Crippen molar-refractivity contribution < 1.29 is 75.6 Å². The van der Waals surface area contributed by atoms with E-state index in [9.17, 15) is 19.5 Å². The van der Waals surface area contributed by atoms with Crippen LogP contribution in [0.2, 0.25) is 0 Å². The molecule has 0 saturated carbocycles. The fraction of sp³-hybridized carbons (Fsp3) is 0.125. The summed E-state index contributed by atoms with van der Waals surface area (Å²) in [5.41, 5.74) is -0.220. The van der Waals surface area contributed by atoms with E-state index in [1.54, 1.807) is 30.3 Å². The van der Waals surface area contributed by atoms with E-state index in [4.69, 9.17) is 0 Å². The zero-order valence-electron chi connectivity index (χ0n) is 13.8. The van der Waals surface area contributed by atoms with Gasteiger partial charge in [-0.3, -0.25) is 14.5 Å². The number of amidine groups is 1. The minimum absolute atomic E-state index is 0. The van der Waals surface area contributed by atoms with Gasteiger partial charge in [0.25, 0.3) is 11.8 Å². The predicted octanol–water partition coefficient (Wildman–Crippen LogP) is -3.46. The Balaban J connectivity index is 0.00000225. The Morgan fingerprint density at radius 1 is 1.16 bits per heavy atom. The molecule has 0 saturated heterocycles. The molecule has 3 rings (SSSR count). The van der Waals surface area contributed by atoms with E-state index < -0.39 is 23.8 Å². The molecule has 0 spiro atoms. The van der Waals surface area contributed by atoms with Crippen LogP contribution in [0.15, 0.2) is 58.4 Å². The van der Waals surface area contributed by atoms with E-state index in [0.717, 1.165) is 12.0 Å². The summed E-state index contributed by atoms with van der Waals surface area (Å²) in [5.74, 6) is -2.17. The maximum atomic E-state index is 12.7. The van der Waals surface area contributed by atoms with Gasteiger partial charge in [-0.1, -0.05) is 18.2 Å². The molecule has 0 unspecified atom stereocenters. The van der Waals surface area contributed by atoms with Crippen LogP contribution in [0.25, 0.3) is 0 Å². The van der Waals surface area contributed by atoms with Crippen molar-refractivity contribution in [1.82, 2.24) is 4.90 Å². The van der Waals surface area contributed by atoms with E-state index in [1.807, 2.05) is 0 Å². The molecule has 1 aromatic carbocycles. The second-order valence-electron chi connectivity index (χ2n) is 5.03. The number of hydrogen-bond donors (Lipinski definition) is 0. The van der Waals surface area contributed by atoms with Crippen LogP contribution in [-0.2, 0) is 19.1 Å². The molecule has 0 radical (unpaired) electrons. The molecule has 2 amide bonds. The molecule has 0 bridgehead atoms. The van der Waals surface area contributed by atoms with Crippen LogP contribution < -0.4 is 61.4 Å². The van der Waals surface area contributed by atoms with Gasteiger partial charge in [-0.15, -0.1) is 0 Å². The third-order valence-corrected chi connectivity index (χ3v) is 3.64. The van der Waals surface area contributed by atoms with E-state index in [2.05, 4.69) is 9.73 Å². The quantitative estimate of drug-likeness (QED) is 0.308. The fourth-order valence-electron chi connectivity index (χ4n) is 2.39. The molecule has 9 heteroatoms. The maximum Gasteiger partial charge on any atom is 1.00 e. The molecule has 0 atom stereocenters. The molecule has 0 fully saturated rings. The van der Waals surface area contributed by atoms with Crippen molar-refractivity contribution in [1.29, 1.82) is 0 Å². The van der Waals surface area contributed by atoms with E-state index in [0.29, 0.717) is 5.69 Å². The smallest absolute Gasteiger partial charge is 0.846 e. The van der Waals surface area contributed by atoms with Crippen LogP contribution in [0.5, 0.6) is 0 Å². The van der Waals surface area contributed by atoms with Crippen molar-refractivity contribution in [2.24, 2.45) is 4.99 Å². The third kappa shape index (κ3) is 3.33. The summed E-state index contributed by atoms with van der Waals surface area (Å²) in [6, 6.07) is 7.77. The summed E-state index contributed by atoms with van der Waals surface area (Å²) in [6.45, 7) is 0. The minimum atomic E-state index is -0.797. The number of aliphatic imine (C=N–C) groups is 1. The second-order valence-corrected chi connectivity index (χ2v) is 5.03. The molecule has 0 aromatic heterocycles. The zero-order valence-corrected chi connectivity index (χ0v) is 17.0. The average Bonchev–Trinajstić information content (AvgIpc) is 3.06. The van der Waals surface area contributed by atoms with Crippen molar-refractivity contribution in [3.8, 4) is 0 Å². The number of hydrogen-bond acceptors (Lipinski definition) is 6. The van der Waals surface area contributed by atoms with Crippen molar-refractivity contribution in [3.63, 3.8) is 0 Å². The Morgan fingerprint density at radius 3 is 2.32 bits per heavy atom. The first kappa shape index (κ1) is 19.5. The molecule has 25 heavy (non-hydrogen) atoms. The molecule has 8 nitrogen and oxygen atoms in total. The summed E-state index contributed by atoms with van der Waals surface area (Å²) in [6.07, 6.45) is 1.28. The number of nitrogens with zero attached hydrogens (tertiary/aromatic N) is 3. The van der Waals surface area contributed by atoms with E-state index in [-0.39, 0.29) is 68.2 Å². The number of rotatable bonds is 2. The molecule has 2 aliphatic heterocycles. The number of para-hydroxylation sites is 1. The molecule has 122 valence electrons. The van der Waals surface area contributed by atoms with Gasteiger partial charge in [-0.05, 0) is 12.1 Å². The van der Waals surface area contributed by atoms with Crippen molar-refractivity contribution in [2.45, 2.75) is 0 Å². The molecule has 2 aliphatic rings. The van der Waals surface area contributed by atoms with Gasteiger partial charge in [-0.25, -0.2) is 9.79 Å². The van der Waals surface area contributed by atoms with Crippen LogP contribution in [0.1, 0.15) is 0 Å². The summed E-state index contributed by atoms with van der Waals surface area (Å²) < 4.78 is 4.67. The summed E-state index contributed by atoms with van der Waals surface area (Å²) in [7, 11) is 2.41. The van der Waals surface area contributed by atoms with E-state index >= 15 is 0 Å². The second kappa shape index (κ2) is 7.62. The average molecular weight is 365 g/mol. The van der Waals surface area contributed by atoms with E-state index in [1.165, 1.54) is 18.1 Å². The molecule has 0 aliphatic carbocycles. The van der Waals surface area contributed by atoms with Gasteiger partial charge in [0.2, 0.25) is 0 Å². The van der Waals surface area contributed by atoms with Crippen molar-refractivity contribution >= 4 is 29.5 Å². The maximum absolute atomic E-state index is 12.7. The monoisotopic (exact) mass is 365 g/mol. The van der Waals surface area contributed by atoms with Gasteiger partial charge in [0, 0.05) is 18.9 Å². The van der Waals surface area contributed by atoms with Crippen LogP contribution in [0, 0.1) is 0 Å². The summed E-state index contributed by atoms with van der Waals surface area (Å²) in [4.78, 5) is 42.5. The van der Waals surface area contributed by atoms with Gasteiger partial charge >= 0.3 is 57.4 Å². The number of likely N-dealkylation sites (N-methyl/N-ethyl adjacent to an activating group) is 1. The number of anilines is 1. The number of esters is 1. The summed E-state index contributed by atoms with van der Waals surface area (Å²) in [5, 5.41) is 11.6. The number of methoxy groups -OCH3 is 1. The number of ether oxygens (including phenoxy) is 1. The van der Waals surface area contributed by atoms with Crippen LogP contribution in [-0.4, -0.2) is 42.9 Å². The summed E-state index contributed by atoms with van der Waals surface area (Å²) >= 11 is 0. The van der Waals surface area contributed by atoms with Gasteiger partial charge in [0.05, 0.1) is 24.3 Å². The Hall–Kier alpha value is -1.78. The Kier molecular flexibility index (Phi) is 5.96. The Labute approximate surface area is 185 Å². The van der Waals surface area contributed by atoms with Gasteiger partial charge in [-0.2, -0.15) is 0 Å². The molecular formula is C16H12KN3O5. The number of amides is 2. The first-order valence-electron chi connectivity index (χ1n) is 6.93. The molecule has 2 heterocycles. The number of carbonyl (C=O) groups excluding carboxylic acids is 3. The first-order valence-corrected chi connectivity index (χ1v) is 6.93. The first-order chi connectivity index (χ1) is 11.5. The molecule has 0 N–H and O–H groups in total. The van der Waals surface area contributed by atoms with Crippen LogP contribution in [0.3, 0.4) is 0 Å². The number of benzene rings is 1. The predicted molar refractivity (Wildman–Crippen MR) is 81.3 cm³/mol. The minimum Gasteiger partial charge on any atom is -0.846 e. The Morgan fingerprint density at radius 2 is 1.80 bits per heavy atom. The van der Waals surface area contributed by atoms with Crippen molar-refractivity contribution in [2.75, 3.05) is 19.1 Å². The fourth-order valence-corrected chi connectivity index (χ4v) is 2.39. The SMILES string of the molecule is COC(=O)C1=CN(c2ccccc2)C(=O)/C1=C1/N=C([O-])N(C)C1=O.[K+]. The van der Waals surface area contributed by atoms with Gasteiger partial charge in [0.15, 0.2) is 0 Å². The van der Waals surface area contributed by atoms with Crippen LogP contribution in [0.4, 0.5) is 5.69 Å². The third-order valence-electron chi connectivity index (χ3n) is 3.64. The van der Waals surface area contributed by atoms with Gasteiger partial charge in [0.1, 0.15) is 5.70 Å². The normalized spacial score (nSPS) is 19.6. The topological polar surface area (TPSA) is 102 Å². The van der Waals surface area contributed by atoms with Crippen LogP contribution >= 0.6 is 0 Å². The number of carbonyl (C=O) groups is 3. The zero-order chi connectivity index (χ0) is 17.4. The largest absolute Gasteiger partial charge is 1.00 e. The van der Waals surface area contributed by atoms with Crippen molar-refractivity contribution in [3.05, 3.63) is 53.4 Å². The Bertz CT molecular complexity index is 845. The molecule has 1 aromatic rings. The standard InChI is InChI=1S/C16H13N3O5.K/c1-18-14(21)12(17-16(18)23)11-10(15(22)24-2)8-19(13(11)20)9-6-4-3-5-7-9;/h3-8H,1-2H3,(H,17,23);/q;+1/p-1/b12-11+;. The van der Waals surface area contributed by atoms with Gasteiger partial charge < -0.3 is 14.7 Å².